The van der Waals surface area contributed by atoms with E-state index in [4.69, 9.17) is 32.4 Å². The van der Waals surface area contributed by atoms with Crippen molar-refractivity contribution in [3.05, 3.63) is 99.6 Å². The minimum atomic E-state index is -0.401. The number of carbonyl (C=O) groups excluding carboxylic acids is 1. The third kappa shape index (κ3) is 5.82. The molecule has 0 bridgehead atoms. The van der Waals surface area contributed by atoms with Crippen molar-refractivity contribution in [3.63, 3.8) is 0 Å². The highest BCUT2D eigenvalue weighted by Gasteiger charge is 2.15. The summed E-state index contributed by atoms with van der Waals surface area (Å²) in [6.07, 6.45) is 1.74. The summed E-state index contributed by atoms with van der Waals surface area (Å²) in [6.45, 7) is 7.09. The Morgan fingerprint density at radius 1 is 1.03 bits per heavy atom. The number of nitrogens with one attached hydrogen (secondary N) is 1. The number of ether oxygens (including phenoxy) is 1. The third-order valence-electron chi connectivity index (χ3n) is 5.25. The predicted octanol–water partition coefficient (Wildman–Crippen LogP) is 6.96. The van der Waals surface area contributed by atoms with Crippen LogP contribution in [0.2, 0.25) is 10.0 Å². The number of nitrogens with zero attached hydrogens (tertiary/aromatic N) is 2. The SMILES string of the molecule is CC(C)(C)c1ccc(OCc2ccc(C(=O)Nc3ccn(Cc4c(Cl)cccc4Cl)n3)o2)cc1. The van der Waals surface area contributed by atoms with Crippen molar-refractivity contribution in [1.29, 1.82) is 0 Å². The summed E-state index contributed by atoms with van der Waals surface area (Å²) in [5, 5.41) is 8.21. The summed E-state index contributed by atoms with van der Waals surface area (Å²) < 4.78 is 13.1. The van der Waals surface area contributed by atoms with Crippen LogP contribution in [0.3, 0.4) is 0 Å². The first-order chi connectivity index (χ1) is 16.2. The van der Waals surface area contributed by atoms with Gasteiger partial charge >= 0.3 is 0 Å². The van der Waals surface area contributed by atoms with Crippen LogP contribution in [0.25, 0.3) is 0 Å². The second-order valence-corrected chi connectivity index (χ2v) is 9.70. The van der Waals surface area contributed by atoms with Gasteiger partial charge in [0.05, 0.1) is 6.54 Å². The molecule has 0 saturated heterocycles. The summed E-state index contributed by atoms with van der Waals surface area (Å²) in [4.78, 5) is 12.6. The van der Waals surface area contributed by atoms with E-state index in [-0.39, 0.29) is 17.8 Å². The summed E-state index contributed by atoms with van der Waals surface area (Å²) in [6, 6.07) is 18.3. The minimum Gasteiger partial charge on any atom is -0.486 e. The van der Waals surface area contributed by atoms with E-state index in [1.807, 2.05) is 12.1 Å². The van der Waals surface area contributed by atoms with Crippen molar-refractivity contribution >= 4 is 34.9 Å². The third-order valence-corrected chi connectivity index (χ3v) is 5.96. The Bertz CT molecular complexity index is 1270. The van der Waals surface area contributed by atoms with Crippen LogP contribution >= 0.6 is 23.2 Å². The van der Waals surface area contributed by atoms with E-state index in [1.54, 1.807) is 47.3 Å². The fraction of sp³-hybridized carbons (Fsp3) is 0.231. The smallest absolute Gasteiger partial charge is 0.292 e. The molecule has 0 atom stereocenters. The number of hydrogen-bond donors (Lipinski definition) is 1. The van der Waals surface area contributed by atoms with E-state index in [1.165, 1.54) is 5.56 Å². The molecule has 0 spiro atoms. The first-order valence-electron chi connectivity index (χ1n) is 10.8. The van der Waals surface area contributed by atoms with Crippen molar-refractivity contribution in [1.82, 2.24) is 9.78 Å². The maximum atomic E-state index is 12.6. The van der Waals surface area contributed by atoms with E-state index >= 15 is 0 Å². The molecule has 34 heavy (non-hydrogen) atoms. The van der Waals surface area contributed by atoms with Gasteiger partial charge in [0.15, 0.2) is 11.6 Å². The minimum absolute atomic E-state index is 0.0826. The Morgan fingerprint density at radius 2 is 1.74 bits per heavy atom. The van der Waals surface area contributed by atoms with Gasteiger partial charge in [0.2, 0.25) is 0 Å². The molecule has 1 amide bonds. The molecule has 2 aromatic carbocycles. The molecule has 0 fully saturated rings. The summed E-state index contributed by atoms with van der Waals surface area (Å²) in [7, 11) is 0. The first kappa shape index (κ1) is 23.9. The van der Waals surface area contributed by atoms with Crippen molar-refractivity contribution in [2.75, 3.05) is 5.32 Å². The molecule has 0 saturated carbocycles. The highest BCUT2D eigenvalue weighted by Crippen LogP contribution is 2.26. The lowest BCUT2D eigenvalue weighted by molar-refractivity contribution is 0.0992. The van der Waals surface area contributed by atoms with Gasteiger partial charge in [-0.15, -0.1) is 0 Å². The van der Waals surface area contributed by atoms with Crippen LogP contribution in [0.5, 0.6) is 5.75 Å². The number of halogens is 2. The molecule has 4 aromatic rings. The molecule has 0 aliphatic carbocycles. The molecule has 176 valence electrons. The molecule has 0 radical (unpaired) electrons. The van der Waals surface area contributed by atoms with Crippen LogP contribution < -0.4 is 10.1 Å². The lowest BCUT2D eigenvalue weighted by atomic mass is 9.87. The second-order valence-electron chi connectivity index (χ2n) is 8.88. The maximum absolute atomic E-state index is 12.6. The topological polar surface area (TPSA) is 69.3 Å². The Hall–Kier alpha value is -3.22. The van der Waals surface area contributed by atoms with Gasteiger partial charge in [0, 0.05) is 27.9 Å². The molecule has 2 heterocycles. The fourth-order valence-electron chi connectivity index (χ4n) is 3.32. The van der Waals surface area contributed by atoms with E-state index in [0.717, 1.165) is 11.3 Å². The predicted molar refractivity (Wildman–Crippen MR) is 134 cm³/mol. The second kappa shape index (κ2) is 9.95. The lowest BCUT2D eigenvalue weighted by Gasteiger charge is -2.19. The number of hydrogen-bond acceptors (Lipinski definition) is 4. The number of anilines is 1. The van der Waals surface area contributed by atoms with Crippen molar-refractivity contribution in [3.8, 4) is 5.75 Å². The molecule has 0 aliphatic rings. The maximum Gasteiger partial charge on any atom is 0.292 e. The molecule has 4 rings (SSSR count). The van der Waals surface area contributed by atoms with Crippen LogP contribution in [0.15, 0.2) is 71.3 Å². The van der Waals surface area contributed by atoms with Crippen LogP contribution in [0.1, 0.15) is 48.2 Å². The normalized spacial score (nSPS) is 11.4. The molecular formula is C26H25Cl2N3O3. The van der Waals surface area contributed by atoms with Crippen molar-refractivity contribution in [2.45, 2.75) is 39.3 Å². The highest BCUT2D eigenvalue weighted by atomic mass is 35.5. The average molecular weight is 498 g/mol. The zero-order valence-corrected chi connectivity index (χ0v) is 20.7. The van der Waals surface area contributed by atoms with Crippen LogP contribution in [-0.2, 0) is 18.6 Å². The van der Waals surface area contributed by atoms with E-state index in [2.05, 4.69) is 43.3 Å². The molecular weight excluding hydrogens is 473 g/mol. The Labute approximate surface area is 208 Å². The molecule has 8 heteroatoms. The summed E-state index contributed by atoms with van der Waals surface area (Å²) in [5.74, 6) is 1.44. The van der Waals surface area contributed by atoms with E-state index in [9.17, 15) is 4.79 Å². The Kier molecular flexibility index (Phi) is 7.00. The van der Waals surface area contributed by atoms with Crippen molar-refractivity contribution < 1.29 is 13.9 Å². The number of rotatable bonds is 7. The van der Waals surface area contributed by atoms with Gasteiger partial charge < -0.3 is 14.5 Å². The summed E-state index contributed by atoms with van der Waals surface area (Å²) >= 11 is 12.4. The molecule has 2 aromatic heterocycles. The van der Waals surface area contributed by atoms with Crippen LogP contribution in [-0.4, -0.2) is 15.7 Å². The Morgan fingerprint density at radius 3 is 2.41 bits per heavy atom. The van der Waals surface area contributed by atoms with Crippen molar-refractivity contribution in [2.24, 2.45) is 0 Å². The Balaban J connectivity index is 1.33. The molecule has 6 nitrogen and oxygen atoms in total. The van der Waals surface area contributed by atoms with E-state index in [0.29, 0.717) is 28.2 Å². The average Bonchev–Trinajstić information content (AvgIpc) is 3.44. The number of aromatic nitrogens is 2. The lowest BCUT2D eigenvalue weighted by Crippen LogP contribution is -2.12. The number of amides is 1. The summed E-state index contributed by atoms with van der Waals surface area (Å²) in [5.41, 5.74) is 2.07. The van der Waals surface area contributed by atoms with Gasteiger partial charge in [-0.1, -0.05) is 62.2 Å². The zero-order valence-electron chi connectivity index (χ0n) is 19.1. The van der Waals surface area contributed by atoms with Gasteiger partial charge in [-0.3, -0.25) is 9.48 Å². The number of benzene rings is 2. The first-order valence-corrected chi connectivity index (χ1v) is 11.5. The van der Waals surface area contributed by atoms with Gasteiger partial charge in [-0.25, -0.2) is 0 Å². The fourth-order valence-corrected chi connectivity index (χ4v) is 3.84. The van der Waals surface area contributed by atoms with Gasteiger partial charge in [-0.2, -0.15) is 5.10 Å². The van der Waals surface area contributed by atoms with Gasteiger partial charge in [0.1, 0.15) is 18.1 Å². The highest BCUT2D eigenvalue weighted by molar-refractivity contribution is 6.35. The molecule has 1 N–H and O–H groups in total. The molecule has 0 unspecified atom stereocenters. The van der Waals surface area contributed by atoms with Gasteiger partial charge in [-0.05, 0) is 47.4 Å². The van der Waals surface area contributed by atoms with E-state index < -0.39 is 5.91 Å². The monoisotopic (exact) mass is 497 g/mol. The number of furan rings is 1. The standard InChI is InChI=1S/C26H25Cl2N3O3/c1-26(2,3)17-7-9-18(10-8-17)33-16-19-11-12-23(34-19)25(32)29-24-13-14-31(30-24)15-20-21(27)5-4-6-22(20)28/h4-14H,15-16H2,1-3H3,(H,29,30,32). The van der Waals surface area contributed by atoms with Crippen LogP contribution in [0.4, 0.5) is 5.82 Å². The molecule has 0 aliphatic heterocycles. The van der Waals surface area contributed by atoms with Gasteiger partial charge in [0.25, 0.3) is 5.91 Å². The quantitative estimate of drug-likeness (QED) is 0.299. The largest absolute Gasteiger partial charge is 0.486 e. The number of carbonyl (C=O) groups is 1. The van der Waals surface area contributed by atoms with Crippen LogP contribution in [0, 0.1) is 0 Å². The zero-order chi connectivity index (χ0) is 24.3.